The quantitative estimate of drug-likeness (QED) is 0.591. The minimum atomic E-state index is -5.03. The van der Waals surface area contributed by atoms with Gasteiger partial charge in [0.25, 0.3) is 5.56 Å². The summed E-state index contributed by atoms with van der Waals surface area (Å²) in [6.07, 6.45) is -4.54. The summed E-state index contributed by atoms with van der Waals surface area (Å²) in [6.45, 7) is 2.60. The first-order valence-corrected chi connectivity index (χ1v) is 9.20. The fourth-order valence-corrected chi connectivity index (χ4v) is 3.43. The number of nitrogens with zero attached hydrogens (tertiary/aromatic N) is 2. The van der Waals surface area contributed by atoms with Gasteiger partial charge in [-0.1, -0.05) is 0 Å². The summed E-state index contributed by atoms with van der Waals surface area (Å²) in [7, 11) is 0. The average Bonchev–Trinajstić information content (AvgIpc) is 2.70. The van der Waals surface area contributed by atoms with Crippen LogP contribution in [0, 0.1) is 29.9 Å². The van der Waals surface area contributed by atoms with Crippen molar-refractivity contribution in [1.82, 2.24) is 15.3 Å². The van der Waals surface area contributed by atoms with E-state index in [0.29, 0.717) is 6.07 Å². The molecule has 32 heavy (non-hydrogen) atoms. The van der Waals surface area contributed by atoms with Crippen LogP contribution in [0.3, 0.4) is 0 Å². The lowest BCUT2D eigenvalue weighted by molar-refractivity contribution is -0.138. The van der Waals surface area contributed by atoms with E-state index in [-0.39, 0.29) is 27.9 Å². The number of aromatic amines is 1. The number of hydrogen-bond acceptors (Lipinski definition) is 4. The molecule has 0 aliphatic carbocycles. The van der Waals surface area contributed by atoms with Gasteiger partial charge < -0.3 is 10.3 Å². The molecule has 0 bridgehead atoms. The first-order chi connectivity index (χ1) is 14.9. The number of pyridine rings is 2. The minimum Gasteiger partial charge on any atom is -0.348 e. The highest BCUT2D eigenvalue weighted by molar-refractivity contribution is 5.89. The van der Waals surface area contributed by atoms with E-state index in [9.17, 15) is 31.5 Å². The van der Waals surface area contributed by atoms with Gasteiger partial charge in [-0.15, -0.1) is 0 Å². The number of benzene rings is 1. The number of carbonyl (C=O) groups excluding carboxylic acids is 1. The smallest absolute Gasteiger partial charge is 0.348 e. The molecular formula is C21H15F5N4O2. The molecule has 3 rings (SSSR count). The maximum Gasteiger partial charge on any atom is 0.419 e. The number of rotatable bonds is 4. The molecule has 11 heteroatoms. The fourth-order valence-electron chi connectivity index (χ4n) is 3.43. The summed E-state index contributed by atoms with van der Waals surface area (Å²) in [5.74, 6) is -3.13. The van der Waals surface area contributed by atoms with E-state index < -0.39 is 52.7 Å². The number of halogens is 5. The van der Waals surface area contributed by atoms with Crippen molar-refractivity contribution in [2.45, 2.75) is 32.5 Å². The normalized spacial score (nSPS) is 12.4. The molecule has 0 saturated heterocycles. The van der Waals surface area contributed by atoms with E-state index in [1.165, 1.54) is 13.8 Å². The largest absolute Gasteiger partial charge is 0.419 e. The van der Waals surface area contributed by atoms with Gasteiger partial charge in [0.1, 0.15) is 23.3 Å². The van der Waals surface area contributed by atoms with Gasteiger partial charge in [0.05, 0.1) is 23.7 Å². The molecule has 0 spiro atoms. The van der Waals surface area contributed by atoms with Crippen LogP contribution in [0.5, 0.6) is 0 Å². The number of aryl methyl sites for hydroxylation is 1. The van der Waals surface area contributed by atoms with Crippen LogP contribution in [0.1, 0.15) is 40.9 Å². The Labute approximate surface area is 177 Å². The van der Waals surface area contributed by atoms with Crippen LogP contribution >= 0.6 is 0 Å². The maximum atomic E-state index is 14.1. The van der Waals surface area contributed by atoms with E-state index in [1.807, 2.05) is 0 Å². The molecule has 2 heterocycles. The lowest BCUT2D eigenvalue weighted by Gasteiger charge is -2.17. The summed E-state index contributed by atoms with van der Waals surface area (Å²) < 4.78 is 68.4. The predicted octanol–water partition coefficient (Wildman–Crippen LogP) is 3.82. The molecule has 0 saturated carbocycles. The monoisotopic (exact) mass is 450 g/mol. The maximum absolute atomic E-state index is 14.1. The molecule has 0 radical (unpaired) electrons. The van der Waals surface area contributed by atoms with Crippen LogP contribution in [-0.2, 0) is 17.4 Å². The van der Waals surface area contributed by atoms with Crippen LogP contribution in [0.25, 0.3) is 10.9 Å². The molecule has 1 aromatic carbocycles. The Morgan fingerprint density at radius 1 is 1.28 bits per heavy atom. The van der Waals surface area contributed by atoms with E-state index in [2.05, 4.69) is 15.3 Å². The van der Waals surface area contributed by atoms with Crippen LogP contribution in [0.15, 0.2) is 29.2 Å². The Morgan fingerprint density at radius 2 is 1.97 bits per heavy atom. The molecule has 166 valence electrons. The summed E-state index contributed by atoms with van der Waals surface area (Å²) in [4.78, 5) is 30.9. The fraction of sp³-hybridized carbons (Fsp3) is 0.238. The summed E-state index contributed by atoms with van der Waals surface area (Å²) in [5.41, 5.74) is -3.23. The second kappa shape index (κ2) is 8.37. The van der Waals surface area contributed by atoms with E-state index in [1.54, 1.807) is 6.07 Å². The minimum absolute atomic E-state index is 0.0178. The van der Waals surface area contributed by atoms with Gasteiger partial charge in [-0.3, -0.25) is 14.6 Å². The second-order valence-electron chi connectivity index (χ2n) is 7.07. The van der Waals surface area contributed by atoms with Gasteiger partial charge in [0.15, 0.2) is 0 Å². The van der Waals surface area contributed by atoms with Gasteiger partial charge in [-0.25, -0.2) is 8.78 Å². The van der Waals surface area contributed by atoms with Crippen molar-refractivity contribution in [3.8, 4) is 6.07 Å². The molecule has 2 N–H and O–H groups in total. The number of nitriles is 1. The lowest BCUT2D eigenvalue weighted by atomic mass is 9.97. The first-order valence-electron chi connectivity index (χ1n) is 9.20. The van der Waals surface area contributed by atoms with Gasteiger partial charge in [0.2, 0.25) is 5.91 Å². The Balaban J connectivity index is 1.96. The number of hydrogen-bond donors (Lipinski definition) is 2. The number of aromatic nitrogens is 2. The zero-order chi connectivity index (χ0) is 23.8. The molecule has 1 amide bonds. The van der Waals surface area contributed by atoms with E-state index in [4.69, 9.17) is 5.26 Å². The zero-order valence-electron chi connectivity index (χ0n) is 16.7. The van der Waals surface area contributed by atoms with Gasteiger partial charge in [-0.05, 0) is 37.6 Å². The lowest BCUT2D eigenvalue weighted by Crippen LogP contribution is -2.31. The highest BCUT2D eigenvalue weighted by Crippen LogP contribution is 2.37. The van der Waals surface area contributed by atoms with E-state index >= 15 is 0 Å². The van der Waals surface area contributed by atoms with E-state index in [0.717, 1.165) is 18.3 Å². The van der Waals surface area contributed by atoms with Crippen LogP contribution in [0.2, 0.25) is 0 Å². The third-order valence-corrected chi connectivity index (χ3v) is 4.91. The van der Waals surface area contributed by atoms with Gasteiger partial charge in [0, 0.05) is 22.7 Å². The van der Waals surface area contributed by atoms with Crippen molar-refractivity contribution in [3.63, 3.8) is 0 Å². The standard InChI is InChI=1S/C21H15F5N4O2/c1-9-12(6-16(31)29-10(2)19-14(23)5-11(7-27)8-28-19)20(32)30-15-4-3-13(22)18(17(9)15)21(24,25)26/h3-5,8,10H,6H2,1-2H3,(H,29,31)(H,30,32)/t10-/m0/s1. The Kier molecular flexibility index (Phi) is 5.98. The van der Waals surface area contributed by atoms with Crippen molar-refractivity contribution in [1.29, 1.82) is 5.26 Å². The first kappa shape index (κ1) is 22.9. The Bertz CT molecular complexity index is 1320. The highest BCUT2D eigenvalue weighted by Gasteiger charge is 2.37. The SMILES string of the molecule is Cc1c(CC(=O)N[C@@H](C)c2ncc(C#N)cc2F)c(=O)[nH]c2ccc(F)c(C(F)(F)F)c12. The van der Waals surface area contributed by atoms with Crippen molar-refractivity contribution in [2.24, 2.45) is 0 Å². The molecule has 3 aromatic rings. The Hall–Kier alpha value is -3.81. The van der Waals surface area contributed by atoms with Crippen molar-refractivity contribution >= 4 is 16.8 Å². The number of H-pyrrole nitrogens is 1. The van der Waals surface area contributed by atoms with Gasteiger partial charge >= 0.3 is 6.18 Å². The highest BCUT2D eigenvalue weighted by atomic mass is 19.4. The summed E-state index contributed by atoms with van der Waals surface area (Å²) in [6, 6.07) is 3.32. The van der Waals surface area contributed by atoms with Crippen molar-refractivity contribution < 1.29 is 26.7 Å². The topological polar surface area (TPSA) is 98.6 Å². The number of nitrogens with one attached hydrogen (secondary N) is 2. The number of carbonyl (C=O) groups is 1. The molecule has 2 aromatic heterocycles. The third kappa shape index (κ3) is 4.30. The third-order valence-electron chi connectivity index (χ3n) is 4.91. The molecule has 0 aliphatic rings. The molecule has 6 nitrogen and oxygen atoms in total. The summed E-state index contributed by atoms with van der Waals surface area (Å²) in [5, 5.41) is 10.6. The molecule has 0 unspecified atom stereocenters. The van der Waals surface area contributed by atoms with Crippen LogP contribution in [0.4, 0.5) is 22.0 Å². The van der Waals surface area contributed by atoms with Gasteiger partial charge in [-0.2, -0.15) is 18.4 Å². The van der Waals surface area contributed by atoms with Crippen LogP contribution in [-0.4, -0.2) is 15.9 Å². The molecule has 0 aliphatic heterocycles. The molecular weight excluding hydrogens is 435 g/mol. The second-order valence-corrected chi connectivity index (χ2v) is 7.07. The number of amides is 1. The number of fused-ring (bicyclic) bond motifs is 1. The summed E-state index contributed by atoms with van der Waals surface area (Å²) >= 11 is 0. The molecule has 1 atom stereocenters. The zero-order valence-corrected chi connectivity index (χ0v) is 16.7. The molecule has 0 fully saturated rings. The van der Waals surface area contributed by atoms with Crippen molar-refractivity contribution in [3.05, 3.63) is 74.3 Å². The number of alkyl halides is 3. The van der Waals surface area contributed by atoms with Crippen LogP contribution < -0.4 is 10.9 Å². The average molecular weight is 450 g/mol. The Morgan fingerprint density at radius 3 is 2.56 bits per heavy atom. The predicted molar refractivity (Wildman–Crippen MR) is 103 cm³/mol. The van der Waals surface area contributed by atoms with Crippen molar-refractivity contribution in [2.75, 3.05) is 0 Å².